The molecule has 1 unspecified atom stereocenters. The highest BCUT2D eigenvalue weighted by Gasteiger charge is 2.35. The average Bonchev–Trinajstić information content (AvgIpc) is 2.74. The monoisotopic (exact) mass is 357 g/mol. The van der Waals surface area contributed by atoms with Crippen molar-refractivity contribution in [1.82, 2.24) is 16.0 Å². The van der Waals surface area contributed by atoms with Crippen LogP contribution in [0.4, 0.5) is 4.79 Å². The number of amides is 4. The third kappa shape index (κ3) is 6.77. The number of alkyl carbamates (subject to hydrolysis) is 1. The second-order valence-electron chi connectivity index (χ2n) is 6.64. The van der Waals surface area contributed by atoms with Crippen molar-refractivity contribution in [2.75, 3.05) is 0 Å². The molecule has 140 valence electrons. The van der Waals surface area contributed by atoms with Crippen molar-refractivity contribution in [3.8, 4) is 0 Å². The van der Waals surface area contributed by atoms with E-state index in [9.17, 15) is 24.0 Å². The molecule has 3 N–H and O–H groups in total. The molecule has 3 atom stereocenters. The molecule has 1 heterocycles. The number of hydrogen-bond acceptors (Lipinski definition) is 7. The highest BCUT2D eigenvalue weighted by Crippen LogP contribution is 2.08. The predicted octanol–water partition coefficient (Wildman–Crippen LogP) is -0.637. The van der Waals surface area contributed by atoms with E-state index in [0.29, 0.717) is 0 Å². The first-order valence-electron chi connectivity index (χ1n) is 7.73. The summed E-state index contributed by atoms with van der Waals surface area (Å²) in [6.45, 7) is 7.81. The van der Waals surface area contributed by atoms with Crippen molar-refractivity contribution >= 4 is 29.8 Å². The quantitative estimate of drug-likeness (QED) is 0.439. The van der Waals surface area contributed by atoms with Crippen LogP contribution >= 0.6 is 0 Å². The molecule has 1 aliphatic rings. The van der Waals surface area contributed by atoms with Crippen LogP contribution in [0.25, 0.3) is 0 Å². The first kappa shape index (κ1) is 20.4. The van der Waals surface area contributed by atoms with Crippen LogP contribution in [0, 0.1) is 0 Å². The lowest BCUT2D eigenvalue weighted by molar-refractivity contribution is -0.156. The summed E-state index contributed by atoms with van der Waals surface area (Å²) in [5, 5.41) is 6.69. The standard InChI is InChI=1S/C15H23N3O7/c1-7(17-14(23)25-15(3,4)5)11(20)16-8(2)13(22)24-9-6-10(19)18-12(9)21/h7-9H,6H2,1-5H3,(H,16,20)(H,17,23)(H,18,19,21)/t7-,8-,9?/m0/s1. The highest BCUT2D eigenvalue weighted by atomic mass is 16.6. The van der Waals surface area contributed by atoms with Gasteiger partial charge in [0.2, 0.25) is 11.8 Å². The molecule has 1 rings (SSSR count). The lowest BCUT2D eigenvalue weighted by Crippen LogP contribution is -2.51. The van der Waals surface area contributed by atoms with Crippen LogP contribution in [0.1, 0.15) is 41.0 Å². The Balaban J connectivity index is 2.46. The van der Waals surface area contributed by atoms with Gasteiger partial charge in [0.1, 0.15) is 17.7 Å². The van der Waals surface area contributed by atoms with Gasteiger partial charge in [-0.3, -0.25) is 19.7 Å². The summed E-state index contributed by atoms with van der Waals surface area (Å²) in [6, 6.07) is -2.03. The van der Waals surface area contributed by atoms with E-state index in [1.807, 2.05) is 5.32 Å². The minimum atomic E-state index is -1.20. The lowest BCUT2D eigenvalue weighted by Gasteiger charge is -2.22. The van der Waals surface area contributed by atoms with Gasteiger partial charge in [-0.05, 0) is 34.6 Å². The molecule has 1 aliphatic heterocycles. The van der Waals surface area contributed by atoms with Gasteiger partial charge in [0.25, 0.3) is 5.91 Å². The van der Waals surface area contributed by atoms with Crippen LogP contribution in [-0.4, -0.2) is 53.6 Å². The number of carbonyl (C=O) groups excluding carboxylic acids is 5. The maximum atomic E-state index is 12.0. The average molecular weight is 357 g/mol. The molecule has 4 amide bonds. The summed E-state index contributed by atoms with van der Waals surface area (Å²) in [4.78, 5) is 57.9. The van der Waals surface area contributed by atoms with E-state index in [2.05, 4.69) is 10.6 Å². The van der Waals surface area contributed by atoms with E-state index >= 15 is 0 Å². The largest absolute Gasteiger partial charge is 0.450 e. The van der Waals surface area contributed by atoms with Gasteiger partial charge in [-0.25, -0.2) is 9.59 Å². The van der Waals surface area contributed by atoms with Crippen molar-refractivity contribution in [2.24, 2.45) is 0 Å². The zero-order valence-electron chi connectivity index (χ0n) is 14.8. The highest BCUT2D eigenvalue weighted by molar-refractivity contribution is 6.05. The molecule has 25 heavy (non-hydrogen) atoms. The van der Waals surface area contributed by atoms with E-state index in [-0.39, 0.29) is 6.42 Å². The maximum Gasteiger partial charge on any atom is 0.408 e. The zero-order valence-corrected chi connectivity index (χ0v) is 14.8. The second kappa shape index (κ2) is 7.95. The van der Waals surface area contributed by atoms with Gasteiger partial charge in [0.15, 0.2) is 6.10 Å². The van der Waals surface area contributed by atoms with Gasteiger partial charge < -0.3 is 20.1 Å². The molecule has 0 saturated carbocycles. The minimum Gasteiger partial charge on any atom is -0.450 e. The molecule has 10 heteroatoms. The molecular weight excluding hydrogens is 334 g/mol. The van der Waals surface area contributed by atoms with Gasteiger partial charge in [-0.1, -0.05) is 0 Å². The van der Waals surface area contributed by atoms with E-state index in [1.54, 1.807) is 20.8 Å². The Bertz CT molecular complexity index is 582. The lowest BCUT2D eigenvalue weighted by atomic mass is 10.2. The molecule has 1 fully saturated rings. The van der Waals surface area contributed by atoms with Crippen molar-refractivity contribution in [1.29, 1.82) is 0 Å². The van der Waals surface area contributed by atoms with Crippen molar-refractivity contribution in [2.45, 2.75) is 64.8 Å². The Morgan fingerprint density at radius 1 is 1.12 bits per heavy atom. The summed E-state index contributed by atoms with van der Waals surface area (Å²) < 4.78 is 9.91. The van der Waals surface area contributed by atoms with E-state index in [0.717, 1.165) is 0 Å². The maximum absolute atomic E-state index is 12.0. The van der Waals surface area contributed by atoms with Crippen LogP contribution in [-0.2, 0) is 28.7 Å². The van der Waals surface area contributed by atoms with Gasteiger partial charge in [-0.15, -0.1) is 0 Å². The van der Waals surface area contributed by atoms with Crippen molar-refractivity contribution in [3.63, 3.8) is 0 Å². The topological polar surface area (TPSA) is 140 Å². The third-order valence-corrected chi connectivity index (χ3v) is 3.02. The molecule has 10 nitrogen and oxygen atoms in total. The van der Waals surface area contributed by atoms with Gasteiger partial charge in [0, 0.05) is 0 Å². The summed E-state index contributed by atoms with van der Waals surface area (Å²) in [6.07, 6.45) is -2.22. The summed E-state index contributed by atoms with van der Waals surface area (Å²) in [7, 11) is 0. The first-order valence-corrected chi connectivity index (χ1v) is 7.73. The minimum absolute atomic E-state index is 0.248. The second-order valence-corrected chi connectivity index (χ2v) is 6.64. The number of rotatable bonds is 5. The van der Waals surface area contributed by atoms with Crippen LogP contribution in [0.3, 0.4) is 0 Å². The molecule has 0 aromatic rings. The fourth-order valence-corrected chi connectivity index (χ4v) is 1.81. The summed E-state index contributed by atoms with van der Waals surface area (Å²) >= 11 is 0. The van der Waals surface area contributed by atoms with Gasteiger partial charge >= 0.3 is 12.1 Å². The molecule has 1 saturated heterocycles. The van der Waals surface area contributed by atoms with Crippen LogP contribution < -0.4 is 16.0 Å². The number of carbonyl (C=O) groups is 5. The Morgan fingerprint density at radius 2 is 1.72 bits per heavy atom. The van der Waals surface area contributed by atoms with Gasteiger partial charge in [0.05, 0.1) is 6.42 Å². The number of ether oxygens (including phenoxy) is 2. The smallest absolute Gasteiger partial charge is 0.408 e. The number of nitrogens with one attached hydrogen (secondary N) is 3. The van der Waals surface area contributed by atoms with E-state index in [4.69, 9.17) is 9.47 Å². The Morgan fingerprint density at radius 3 is 2.20 bits per heavy atom. The SMILES string of the molecule is C[C@H](NC(=O)OC(C)(C)C)C(=O)N[C@@H](C)C(=O)OC1CC(=O)NC1=O. The molecule has 0 radical (unpaired) electrons. The predicted molar refractivity (Wildman–Crippen MR) is 84.1 cm³/mol. The fourth-order valence-electron chi connectivity index (χ4n) is 1.81. The Labute approximate surface area is 145 Å². The number of imide groups is 1. The fraction of sp³-hybridized carbons (Fsp3) is 0.667. The van der Waals surface area contributed by atoms with Crippen molar-refractivity contribution in [3.05, 3.63) is 0 Å². The van der Waals surface area contributed by atoms with Crippen LogP contribution in [0.5, 0.6) is 0 Å². The van der Waals surface area contributed by atoms with Crippen LogP contribution in [0.15, 0.2) is 0 Å². The van der Waals surface area contributed by atoms with E-state index in [1.165, 1.54) is 13.8 Å². The van der Waals surface area contributed by atoms with Crippen LogP contribution in [0.2, 0.25) is 0 Å². The molecule has 0 spiro atoms. The molecule has 0 aromatic carbocycles. The molecule has 0 aromatic heterocycles. The number of esters is 1. The first-order chi connectivity index (χ1) is 11.4. The van der Waals surface area contributed by atoms with Gasteiger partial charge in [-0.2, -0.15) is 0 Å². The normalized spacial score (nSPS) is 19.5. The summed E-state index contributed by atoms with van der Waals surface area (Å²) in [5.74, 6) is -2.73. The zero-order chi connectivity index (χ0) is 19.4. The van der Waals surface area contributed by atoms with Crippen molar-refractivity contribution < 1.29 is 33.4 Å². The Hall–Kier alpha value is -2.65. The molecular formula is C15H23N3O7. The summed E-state index contributed by atoms with van der Waals surface area (Å²) in [5.41, 5.74) is -0.712. The Kier molecular flexibility index (Phi) is 6.49. The third-order valence-electron chi connectivity index (χ3n) is 3.02. The number of hydrogen-bond donors (Lipinski definition) is 3. The van der Waals surface area contributed by atoms with E-state index < -0.39 is 53.6 Å². The molecule has 0 aliphatic carbocycles. The molecule has 0 bridgehead atoms.